The molecule has 4 rings (SSSR count). The molecule has 0 amide bonds. The van der Waals surface area contributed by atoms with E-state index < -0.39 is 0 Å². The van der Waals surface area contributed by atoms with Crippen LogP contribution in [0.1, 0.15) is 26.2 Å². The molecule has 5 atom stereocenters. The Kier molecular flexibility index (Phi) is 1.39. The van der Waals surface area contributed by atoms with Crippen molar-refractivity contribution in [1.29, 1.82) is 0 Å². The Labute approximate surface area is 74.1 Å². The van der Waals surface area contributed by atoms with Crippen LogP contribution < -0.4 is 5.73 Å². The van der Waals surface area contributed by atoms with Crippen molar-refractivity contribution in [3.8, 4) is 0 Å². The fourth-order valence-corrected chi connectivity index (χ4v) is 4.06. The summed E-state index contributed by atoms with van der Waals surface area (Å²) < 4.78 is 0. The lowest BCUT2D eigenvalue weighted by Crippen LogP contribution is -2.23. The Morgan fingerprint density at radius 1 is 1.55 bits per heavy atom. The molecule has 4 aliphatic rings. The summed E-state index contributed by atoms with van der Waals surface area (Å²) in [6.45, 7) is 2.34. The number of rotatable bonds is 1. The predicted molar refractivity (Wildman–Crippen MR) is 47.7 cm³/mol. The third kappa shape index (κ3) is 0.595. The highest BCUT2D eigenvalue weighted by Crippen LogP contribution is 2.79. The van der Waals surface area contributed by atoms with Gasteiger partial charge in [-0.2, -0.15) is 0 Å². The van der Waals surface area contributed by atoms with Crippen LogP contribution in [-0.4, -0.2) is 6.04 Å². The molecule has 5 unspecified atom stereocenters. The lowest BCUT2D eigenvalue weighted by atomic mass is 10.0. The van der Waals surface area contributed by atoms with Gasteiger partial charge in [0.2, 0.25) is 0 Å². The van der Waals surface area contributed by atoms with Crippen LogP contribution in [0.15, 0.2) is 0 Å². The summed E-state index contributed by atoms with van der Waals surface area (Å²) in [4.78, 5) is 0. The van der Waals surface area contributed by atoms with Crippen LogP contribution >= 0.6 is 12.4 Å². The van der Waals surface area contributed by atoms with E-state index in [1.165, 1.54) is 19.3 Å². The Bertz CT molecular complexity index is 194. The van der Waals surface area contributed by atoms with E-state index in [1.807, 2.05) is 0 Å². The Balaban J connectivity index is 0.000000480. The second kappa shape index (κ2) is 1.94. The average molecular weight is 174 g/mol. The molecule has 4 aliphatic carbocycles. The molecule has 2 heteroatoms. The zero-order chi connectivity index (χ0) is 6.93. The van der Waals surface area contributed by atoms with Gasteiger partial charge in [0.05, 0.1) is 0 Å². The standard InChI is InChI=1S/C9H15N.ClH/c1-2-9-4-5-3-6(9)7(9)8(5)10;/h5-8H,2-4,10H2,1H3;1H. The van der Waals surface area contributed by atoms with Gasteiger partial charge < -0.3 is 5.73 Å². The van der Waals surface area contributed by atoms with Gasteiger partial charge in [0.1, 0.15) is 0 Å². The van der Waals surface area contributed by atoms with E-state index in [9.17, 15) is 0 Å². The van der Waals surface area contributed by atoms with E-state index in [1.54, 1.807) is 0 Å². The number of hydrogen-bond donors (Lipinski definition) is 1. The van der Waals surface area contributed by atoms with Gasteiger partial charge in [-0.1, -0.05) is 6.92 Å². The van der Waals surface area contributed by atoms with Gasteiger partial charge in [-0.15, -0.1) is 12.4 Å². The maximum Gasteiger partial charge on any atom is 0.0104 e. The maximum absolute atomic E-state index is 6.07. The van der Waals surface area contributed by atoms with Gasteiger partial charge in [-0.05, 0) is 42.4 Å². The molecule has 0 saturated heterocycles. The van der Waals surface area contributed by atoms with Crippen molar-refractivity contribution in [1.82, 2.24) is 0 Å². The molecule has 0 radical (unpaired) electrons. The summed E-state index contributed by atoms with van der Waals surface area (Å²) in [7, 11) is 0. The predicted octanol–water partition coefficient (Wildman–Crippen LogP) is 1.80. The van der Waals surface area contributed by atoms with E-state index in [2.05, 4.69) is 6.92 Å². The van der Waals surface area contributed by atoms with Crippen molar-refractivity contribution in [2.45, 2.75) is 32.2 Å². The molecule has 2 N–H and O–H groups in total. The van der Waals surface area contributed by atoms with Crippen molar-refractivity contribution >= 4 is 12.4 Å². The summed E-state index contributed by atoms with van der Waals surface area (Å²) in [6, 6.07) is 0.602. The van der Waals surface area contributed by atoms with Crippen LogP contribution in [0.4, 0.5) is 0 Å². The maximum atomic E-state index is 6.07. The number of nitrogens with two attached hydrogens (primary N) is 1. The first-order chi connectivity index (χ1) is 4.79. The molecule has 4 fully saturated rings. The van der Waals surface area contributed by atoms with Gasteiger partial charge in [0.15, 0.2) is 0 Å². The minimum Gasteiger partial charge on any atom is -0.327 e. The van der Waals surface area contributed by atoms with Crippen LogP contribution in [0.25, 0.3) is 0 Å². The molecule has 1 nitrogen and oxygen atoms in total. The largest absolute Gasteiger partial charge is 0.327 e. The molecule has 4 saturated carbocycles. The van der Waals surface area contributed by atoms with Crippen LogP contribution in [0.3, 0.4) is 0 Å². The van der Waals surface area contributed by atoms with Gasteiger partial charge in [-0.3, -0.25) is 0 Å². The van der Waals surface area contributed by atoms with Crippen LogP contribution in [0.2, 0.25) is 0 Å². The molecular formula is C9H16ClN. The van der Waals surface area contributed by atoms with E-state index >= 15 is 0 Å². The van der Waals surface area contributed by atoms with Gasteiger partial charge in [-0.25, -0.2) is 0 Å². The molecule has 0 aromatic rings. The van der Waals surface area contributed by atoms with Crippen molar-refractivity contribution in [3.63, 3.8) is 0 Å². The van der Waals surface area contributed by atoms with Gasteiger partial charge >= 0.3 is 0 Å². The van der Waals surface area contributed by atoms with E-state index in [0.717, 1.165) is 23.2 Å². The smallest absolute Gasteiger partial charge is 0.0104 e. The highest BCUT2D eigenvalue weighted by atomic mass is 35.5. The summed E-state index contributed by atoms with van der Waals surface area (Å²) >= 11 is 0. The van der Waals surface area contributed by atoms with Crippen molar-refractivity contribution in [2.75, 3.05) is 0 Å². The molecule has 11 heavy (non-hydrogen) atoms. The molecule has 0 aliphatic heterocycles. The minimum atomic E-state index is 0. The Morgan fingerprint density at radius 2 is 2.27 bits per heavy atom. The Morgan fingerprint density at radius 3 is 2.45 bits per heavy atom. The van der Waals surface area contributed by atoms with E-state index in [-0.39, 0.29) is 12.4 Å². The Hall–Kier alpha value is 0.250. The summed E-state index contributed by atoms with van der Waals surface area (Å²) in [5.41, 5.74) is 6.85. The molecule has 64 valence electrons. The van der Waals surface area contributed by atoms with E-state index in [0.29, 0.717) is 6.04 Å². The number of hydrogen-bond acceptors (Lipinski definition) is 1. The first kappa shape index (κ1) is 7.88. The summed E-state index contributed by atoms with van der Waals surface area (Å²) in [5.74, 6) is 2.95. The SMILES string of the molecule is CCC12CC3CC1C2C3N.Cl. The van der Waals surface area contributed by atoms with Crippen LogP contribution in [-0.2, 0) is 0 Å². The topological polar surface area (TPSA) is 26.0 Å². The fourth-order valence-electron chi connectivity index (χ4n) is 4.06. The van der Waals surface area contributed by atoms with Gasteiger partial charge in [0.25, 0.3) is 0 Å². The van der Waals surface area contributed by atoms with Crippen molar-refractivity contribution in [2.24, 2.45) is 28.9 Å². The fraction of sp³-hybridized carbons (Fsp3) is 1.00. The van der Waals surface area contributed by atoms with Crippen LogP contribution in [0.5, 0.6) is 0 Å². The first-order valence-corrected chi connectivity index (χ1v) is 4.55. The van der Waals surface area contributed by atoms with Gasteiger partial charge in [0, 0.05) is 6.04 Å². The number of halogens is 1. The molecule has 0 heterocycles. The highest BCUT2D eigenvalue weighted by Gasteiger charge is 2.76. The third-order valence-electron chi connectivity index (χ3n) is 4.54. The van der Waals surface area contributed by atoms with E-state index in [4.69, 9.17) is 5.73 Å². The first-order valence-electron chi connectivity index (χ1n) is 4.55. The van der Waals surface area contributed by atoms with Crippen molar-refractivity contribution in [3.05, 3.63) is 0 Å². The molecule has 0 aromatic carbocycles. The summed E-state index contributed by atoms with van der Waals surface area (Å²) in [6.07, 6.45) is 4.34. The molecule has 0 aromatic heterocycles. The molecule has 0 spiro atoms. The zero-order valence-electron chi connectivity index (χ0n) is 6.92. The molecule has 4 bridgehead atoms. The summed E-state index contributed by atoms with van der Waals surface area (Å²) in [5, 5.41) is 0. The third-order valence-corrected chi connectivity index (χ3v) is 4.54. The lowest BCUT2D eigenvalue weighted by molar-refractivity contribution is 0.463. The second-order valence-corrected chi connectivity index (χ2v) is 4.50. The van der Waals surface area contributed by atoms with Crippen molar-refractivity contribution < 1.29 is 0 Å². The lowest BCUT2D eigenvalue weighted by Gasteiger charge is -2.04. The highest BCUT2D eigenvalue weighted by molar-refractivity contribution is 5.85. The minimum absolute atomic E-state index is 0. The monoisotopic (exact) mass is 173 g/mol. The van der Waals surface area contributed by atoms with Crippen LogP contribution in [0, 0.1) is 23.2 Å². The quantitative estimate of drug-likeness (QED) is 0.643. The second-order valence-electron chi connectivity index (χ2n) is 4.50. The normalized spacial score (nSPS) is 62.7. The zero-order valence-corrected chi connectivity index (χ0v) is 7.73. The molecular weight excluding hydrogens is 158 g/mol. The average Bonchev–Trinajstić information content (AvgIpc) is 2.36.